The van der Waals surface area contributed by atoms with Gasteiger partial charge in [-0.3, -0.25) is 0 Å². The van der Waals surface area contributed by atoms with Crippen molar-refractivity contribution in [2.45, 2.75) is 6.54 Å². The number of nitrogens with zero attached hydrogens (tertiary/aromatic N) is 3. The van der Waals surface area contributed by atoms with Crippen molar-refractivity contribution >= 4 is 10.9 Å². The minimum Gasteiger partial charge on any atom is -0.428 e. The van der Waals surface area contributed by atoms with E-state index in [0.29, 0.717) is 27.7 Å². The van der Waals surface area contributed by atoms with Gasteiger partial charge in [0, 0.05) is 10.9 Å². The Labute approximate surface area is 120 Å². The van der Waals surface area contributed by atoms with Gasteiger partial charge >= 0.3 is 0 Å². The minimum absolute atomic E-state index is 0.105. The predicted molar refractivity (Wildman–Crippen MR) is 78.8 cm³/mol. The van der Waals surface area contributed by atoms with E-state index < -0.39 is 0 Å². The second kappa shape index (κ2) is 5.10. The summed E-state index contributed by atoms with van der Waals surface area (Å²) in [5.74, 6) is 0. The minimum atomic E-state index is 0.105. The van der Waals surface area contributed by atoms with Gasteiger partial charge in [0.2, 0.25) is 0 Å². The lowest BCUT2D eigenvalue weighted by atomic mass is 10.0. The molecule has 0 saturated carbocycles. The van der Waals surface area contributed by atoms with Crippen LogP contribution in [0, 0.1) is 16.2 Å². The monoisotopic (exact) mass is 277 g/mol. The number of hydrogen-bond acceptors (Lipinski definition) is 4. The van der Waals surface area contributed by atoms with Gasteiger partial charge in [0.15, 0.2) is 0 Å². The third-order valence-electron chi connectivity index (χ3n) is 3.44. The summed E-state index contributed by atoms with van der Waals surface area (Å²) < 4.78 is 1.03. The standard InChI is InChI=1S/C16H11N3O2/c17-9-14-13-3-1-2-4-15(13)19(21)16(14)12-7-5-11(6-8-12)10-18-20/h1-8,21H,10H2. The Kier molecular flexibility index (Phi) is 3.13. The lowest BCUT2D eigenvalue weighted by Gasteiger charge is -2.04. The number of fused-ring (bicyclic) bond motifs is 1. The number of nitroso groups, excluding NO2 is 1. The van der Waals surface area contributed by atoms with Gasteiger partial charge in [-0.1, -0.05) is 47.6 Å². The van der Waals surface area contributed by atoms with Crippen LogP contribution in [0.2, 0.25) is 0 Å². The van der Waals surface area contributed by atoms with Crippen molar-refractivity contribution in [2.75, 3.05) is 0 Å². The fraction of sp³-hybridized carbons (Fsp3) is 0.0625. The van der Waals surface area contributed by atoms with Gasteiger partial charge in [-0.05, 0) is 11.6 Å². The molecule has 3 rings (SSSR count). The molecule has 0 radical (unpaired) electrons. The van der Waals surface area contributed by atoms with Crippen LogP contribution in [0.3, 0.4) is 0 Å². The number of rotatable bonds is 3. The Bertz CT molecular complexity index is 858. The second-order valence-electron chi connectivity index (χ2n) is 4.65. The van der Waals surface area contributed by atoms with Crippen molar-refractivity contribution in [2.24, 2.45) is 5.18 Å². The molecule has 0 aliphatic carbocycles. The molecular formula is C16H11N3O2. The molecule has 0 fully saturated rings. The first-order valence-electron chi connectivity index (χ1n) is 6.37. The summed E-state index contributed by atoms with van der Waals surface area (Å²) >= 11 is 0. The van der Waals surface area contributed by atoms with E-state index >= 15 is 0 Å². The van der Waals surface area contributed by atoms with E-state index in [2.05, 4.69) is 11.2 Å². The molecule has 1 heterocycles. The van der Waals surface area contributed by atoms with Crippen molar-refractivity contribution in [3.8, 4) is 17.3 Å². The van der Waals surface area contributed by atoms with E-state index in [9.17, 15) is 15.4 Å². The largest absolute Gasteiger partial charge is 0.428 e. The summed E-state index contributed by atoms with van der Waals surface area (Å²) in [7, 11) is 0. The van der Waals surface area contributed by atoms with Crippen molar-refractivity contribution in [1.29, 1.82) is 5.26 Å². The Hall–Kier alpha value is -3.13. The van der Waals surface area contributed by atoms with Gasteiger partial charge in [0.1, 0.15) is 18.3 Å². The summed E-state index contributed by atoms with van der Waals surface area (Å²) in [4.78, 5) is 10.3. The normalized spacial score (nSPS) is 10.4. The van der Waals surface area contributed by atoms with E-state index in [0.717, 1.165) is 10.3 Å². The summed E-state index contributed by atoms with van der Waals surface area (Å²) in [6.07, 6.45) is 0. The molecule has 21 heavy (non-hydrogen) atoms. The van der Waals surface area contributed by atoms with E-state index in [1.807, 2.05) is 6.07 Å². The Morgan fingerprint density at radius 3 is 2.52 bits per heavy atom. The predicted octanol–water partition coefficient (Wildman–Crippen LogP) is 3.68. The summed E-state index contributed by atoms with van der Waals surface area (Å²) in [6.45, 7) is 0.105. The lowest BCUT2D eigenvalue weighted by molar-refractivity contribution is 0.204. The molecule has 0 atom stereocenters. The van der Waals surface area contributed by atoms with Gasteiger partial charge in [-0.15, -0.1) is 0 Å². The first kappa shape index (κ1) is 12.9. The van der Waals surface area contributed by atoms with Crippen molar-refractivity contribution in [1.82, 2.24) is 4.73 Å². The first-order valence-corrected chi connectivity index (χ1v) is 6.37. The van der Waals surface area contributed by atoms with Crippen LogP contribution in [0.1, 0.15) is 11.1 Å². The van der Waals surface area contributed by atoms with Crippen LogP contribution in [0.5, 0.6) is 0 Å². The Morgan fingerprint density at radius 2 is 1.86 bits per heavy atom. The molecular weight excluding hydrogens is 266 g/mol. The fourth-order valence-corrected chi connectivity index (χ4v) is 2.45. The van der Waals surface area contributed by atoms with Crippen LogP contribution < -0.4 is 0 Å². The van der Waals surface area contributed by atoms with Crippen LogP contribution >= 0.6 is 0 Å². The highest BCUT2D eigenvalue weighted by molar-refractivity contribution is 5.94. The molecule has 0 unspecified atom stereocenters. The summed E-state index contributed by atoms with van der Waals surface area (Å²) in [6, 6.07) is 16.4. The third kappa shape index (κ3) is 2.03. The Balaban J connectivity index is 2.22. The maximum absolute atomic E-state index is 10.3. The number of aromatic nitrogens is 1. The number of benzene rings is 2. The highest BCUT2D eigenvalue weighted by Crippen LogP contribution is 2.32. The van der Waals surface area contributed by atoms with Crippen LogP contribution in [0.4, 0.5) is 0 Å². The van der Waals surface area contributed by atoms with E-state index in [-0.39, 0.29) is 6.54 Å². The van der Waals surface area contributed by atoms with E-state index in [1.54, 1.807) is 42.5 Å². The smallest absolute Gasteiger partial charge is 0.106 e. The average molecular weight is 277 g/mol. The zero-order valence-electron chi connectivity index (χ0n) is 11.0. The Morgan fingerprint density at radius 1 is 1.14 bits per heavy atom. The topological polar surface area (TPSA) is 78.4 Å². The molecule has 5 heteroatoms. The number of hydrogen-bond donors (Lipinski definition) is 1. The van der Waals surface area contributed by atoms with Crippen LogP contribution in [0.15, 0.2) is 53.7 Å². The molecule has 0 spiro atoms. The van der Waals surface area contributed by atoms with Gasteiger partial charge in [0.25, 0.3) is 0 Å². The molecule has 3 aromatic rings. The molecule has 0 aliphatic rings. The van der Waals surface area contributed by atoms with Crippen LogP contribution in [-0.4, -0.2) is 9.94 Å². The lowest BCUT2D eigenvalue weighted by Crippen LogP contribution is -1.94. The molecule has 1 N–H and O–H groups in total. The second-order valence-corrected chi connectivity index (χ2v) is 4.65. The maximum Gasteiger partial charge on any atom is 0.106 e. The fourth-order valence-electron chi connectivity index (χ4n) is 2.45. The molecule has 1 aromatic heterocycles. The van der Waals surface area contributed by atoms with E-state index in [1.165, 1.54) is 0 Å². The zero-order chi connectivity index (χ0) is 14.8. The molecule has 0 bridgehead atoms. The molecule has 0 amide bonds. The third-order valence-corrected chi connectivity index (χ3v) is 3.44. The zero-order valence-corrected chi connectivity index (χ0v) is 11.0. The van der Waals surface area contributed by atoms with Gasteiger partial charge in [-0.25, -0.2) is 0 Å². The molecule has 102 valence electrons. The summed E-state index contributed by atoms with van der Waals surface area (Å²) in [5, 5.41) is 23.3. The molecule has 0 saturated heterocycles. The number of para-hydroxylation sites is 1. The van der Waals surface area contributed by atoms with Gasteiger partial charge in [-0.2, -0.15) is 14.9 Å². The van der Waals surface area contributed by atoms with E-state index in [4.69, 9.17) is 0 Å². The SMILES string of the molecule is N#Cc1c(-c2ccc(CN=O)cc2)n(O)c2ccccc12. The first-order chi connectivity index (χ1) is 10.3. The van der Waals surface area contributed by atoms with Crippen LogP contribution in [0.25, 0.3) is 22.2 Å². The molecule has 2 aromatic carbocycles. The van der Waals surface area contributed by atoms with Gasteiger partial charge in [0.05, 0.1) is 11.1 Å². The summed E-state index contributed by atoms with van der Waals surface area (Å²) in [5.41, 5.74) is 2.95. The van der Waals surface area contributed by atoms with Crippen molar-refractivity contribution < 1.29 is 5.21 Å². The average Bonchev–Trinajstić information content (AvgIpc) is 2.81. The number of nitriles is 1. The molecule has 0 aliphatic heterocycles. The highest BCUT2D eigenvalue weighted by atomic mass is 16.5. The quantitative estimate of drug-likeness (QED) is 0.585. The maximum atomic E-state index is 10.3. The van der Waals surface area contributed by atoms with Gasteiger partial charge < -0.3 is 5.21 Å². The molecule has 5 nitrogen and oxygen atoms in total. The highest BCUT2D eigenvalue weighted by Gasteiger charge is 2.17. The van der Waals surface area contributed by atoms with Crippen molar-refractivity contribution in [3.05, 3.63) is 64.6 Å². The van der Waals surface area contributed by atoms with Crippen molar-refractivity contribution in [3.63, 3.8) is 0 Å². The van der Waals surface area contributed by atoms with Crippen LogP contribution in [-0.2, 0) is 6.54 Å².